The Labute approximate surface area is 199 Å². The zero-order valence-corrected chi connectivity index (χ0v) is 18.5. The van der Waals surface area contributed by atoms with E-state index in [4.69, 9.17) is 11.6 Å². The van der Waals surface area contributed by atoms with Crippen molar-refractivity contribution >= 4 is 29.1 Å². The Kier molecular flexibility index (Phi) is 7.80. The van der Waals surface area contributed by atoms with Crippen molar-refractivity contribution < 1.29 is 40.9 Å². The van der Waals surface area contributed by atoms with Crippen LogP contribution in [0.25, 0.3) is 11.3 Å². The zero-order valence-electron chi connectivity index (χ0n) is 17.7. The van der Waals surface area contributed by atoms with Gasteiger partial charge in [0.1, 0.15) is 17.3 Å². The number of ether oxygens (including phenoxy) is 2. The lowest BCUT2D eigenvalue weighted by Gasteiger charge is -2.15. The lowest BCUT2D eigenvalue weighted by molar-refractivity contribution is -0.275. The van der Waals surface area contributed by atoms with Crippen LogP contribution in [0.3, 0.4) is 0 Å². The number of rotatable bonds is 8. The van der Waals surface area contributed by atoms with Gasteiger partial charge in [0, 0.05) is 23.4 Å². The fourth-order valence-corrected chi connectivity index (χ4v) is 3.00. The summed E-state index contributed by atoms with van der Waals surface area (Å²) in [4.78, 5) is 8.49. The van der Waals surface area contributed by atoms with Crippen molar-refractivity contribution in [2.75, 3.05) is 17.2 Å². The average Bonchev–Trinajstić information content (AvgIpc) is 2.73. The molecule has 7 nitrogen and oxygen atoms in total. The molecule has 0 radical (unpaired) electrons. The highest BCUT2D eigenvalue weighted by atomic mass is 35.5. The van der Waals surface area contributed by atoms with E-state index in [1.54, 1.807) is 6.92 Å². The summed E-state index contributed by atoms with van der Waals surface area (Å²) in [6, 6.07) is 9.45. The molecule has 3 rings (SSSR count). The zero-order chi connectivity index (χ0) is 25.8. The van der Waals surface area contributed by atoms with Crippen LogP contribution in [0.4, 0.5) is 43.8 Å². The van der Waals surface area contributed by atoms with Crippen molar-refractivity contribution in [3.05, 3.63) is 53.6 Å². The summed E-state index contributed by atoms with van der Waals surface area (Å²) in [5.74, 6) is -0.913. The van der Waals surface area contributed by atoms with Crippen LogP contribution < -0.4 is 20.1 Å². The third kappa shape index (κ3) is 8.07. The highest BCUT2D eigenvalue weighted by Gasteiger charge is 2.32. The summed E-state index contributed by atoms with van der Waals surface area (Å²) in [6.45, 7) is 1.38. The molecule has 2 aromatic carbocycles. The van der Waals surface area contributed by atoms with Gasteiger partial charge < -0.3 is 25.2 Å². The number of benzene rings is 2. The standard InChI is InChI=1S/C21H17ClF6N4O3/c1-11(10-33)29-19-31-16(12-3-2-4-14(7-12)34-20(23,24)25)9-18(32-19)30-13-5-6-17(15(22)8-13)35-21(26,27)28/h2-9,11,33H,10H2,1H3,(H2,29,30,31,32)/t11-/m0/s1. The number of alkyl halides is 6. The normalized spacial score (nSPS) is 12.7. The van der Waals surface area contributed by atoms with E-state index >= 15 is 0 Å². The molecular weight excluding hydrogens is 506 g/mol. The van der Waals surface area contributed by atoms with E-state index in [0.717, 1.165) is 18.2 Å². The minimum atomic E-state index is -4.92. The molecule has 1 atom stereocenters. The van der Waals surface area contributed by atoms with Crippen molar-refractivity contribution in [1.82, 2.24) is 9.97 Å². The highest BCUT2D eigenvalue weighted by molar-refractivity contribution is 6.32. The molecule has 0 aliphatic heterocycles. The van der Waals surface area contributed by atoms with E-state index in [1.165, 1.54) is 30.3 Å². The van der Waals surface area contributed by atoms with Crippen molar-refractivity contribution in [1.29, 1.82) is 0 Å². The molecular formula is C21H17ClF6N4O3. The molecule has 1 aromatic heterocycles. The Morgan fingerprint density at radius 3 is 2.31 bits per heavy atom. The maximum absolute atomic E-state index is 12.6. The smallest absolute Gasteiger partial charge is 0.406 e. The summed E-state index contributed by atoms with van der Waals surface area (Å²) in [6.07, 6.45) is -9.81. The molecule has 0 aliphatic carbocycles. The molecule has 35 heavy (non-hydrogen) atoms. The van der Waals surface area contributed by atoms with E-state index in [2.05, 4.69) is 30.1 Å². The number of hydrogen-bond donors (Lipinski definition) is 3. The minimum absolute atomic E-state index is 0.0248. The molecule has 0 amide bonds. The van der Waals surface area contributed by atoms with Crippen LogP contribution in [0.2, 0.25) is 5.02 Å². The van der Waals surface area contributed by atoms with Gasteiger partial charge in [0.05, 0.1) is 17.3 Å². The number of nitrogens with one attached hydrogen (secondary N) is 2. The molecule has 3 N–H and O–H groups in total. The van der Waals surface area contributed by atoms with Gasteiger partial charge in [-0.15, -0.1) is 26.3 Å². The highest BCUT2D eigenvalue weighted by Crippen LogP contribution is 2.34. The number of aliphatic hydroxyl groups excluding tert-OH is 1. The molecule has 1 heterocycles. The van der Waals surface area contributed by atoms with Gasteiger partial charge in [0.2, 0.25) is 5.95 Å². The van der Waals surface area contributed by atoms with Crippen molar-refractivity contribution in [3.63, 3.8) is 0 Å². The molecule has 0 saturated carbocycles. The second-order valence-electron chi connectivity index (χ2n) is 7.08. The van der Waals surface area contributed by atoms with E-state index in [-0.39, 0.29) is 40.3 Å². The lowest BCUT2D eigenvalue weighted by atomic mass is 10.1. The van der Waals surface area contributed by atoms with Crippen LogP contribution in [-0.4, -0.2) is 40.4 Å². The molecule has 0 aliphatic rings. The number of anilines is 3. The van der Waals surface area contributed by atoms with Gasteiger partial charge in [0.15, 0.2) is 0 Å². The summed E-state index contributed by atoms with van der Waals surface area (Å²) < 4.78 is 83.0. The topological polar surface area (TPSA) is 88.5 Å². The fraction of sp³-hybridized carbons (Fsp3) is 0.238. The van der Waals surface area contributed by atoms with Gasteiger partial charge in [-0.2, -0.15) is 4.98 Å². The van der Waals surface area contributed by atoms with E-state index < -0.39 is 30.3 Å². The van der Waals surface area contributed by atoms with Gasteiger partial charge in [-0.25, -0.2) is 4.98 Å². The molecule has 0 saturated heterocycles. The summed E-state index contributed by atoms with van der Waals surface area (Å²) >= 11 is 5.87. The number of hydrogen-bond acceptors (Lipinski definition) is 7. The third-order valence-electron chi connectivity index (χ3n) is 4.17. The molecule has 3 aromatic rings. The molecule has 0 bridgehead atoms. The first-order chi connectivity index (χ1) is 16.3. The summed E-state index contributed by atoms with van der Waals surface area (Å²) in [7, 11) is 0. The van der Waals surface area contributed by atoms with E-state index in [9.17, 15) is 31.4 Å². The summed E-state index contributed by atoms with van der Waals surface area (Å²) in [5, 5.41) is 14.7. The lowest BCUT2D eigenvalue weighted by Crippen LogP contribution is -2.21. The van der Waals surface area contributed by atoms with Gasteiger partial charge in [-0.05, 0) is 37.3 Å². The monoisotopic (exact) mass is 522 g/mol. The second kappa shape index (κ2) is 10.4. The van der Waals surface area contributed by atoms with E-state index in [1.807, 2.05) is 0 Å². The maximum atomic E-state index is 12.6. The van der Waals surface area contributed by atoms with Crippen molar-refractivity contribution in [2.45, 2.75) is 25.7 Å². The predicted molar refractivity (Wildman–Crippen MR) is 116 cm³/mol. The van der Waals surface area contributed by atoms with Crippen LogP contribution in [0.1, 0.15) is 6.92 Å². The van der Waals surface area contributed by atoms with Gasteiger partial charge in [-0.1, -0.05) is 23.7 Å². The van der Waals surface area contributed by atoms with Gasteiger partial charge in [0.25, 0.3) is 0 Å². The Bertz CT molecular complexity index is 1180. The first kappa shape index (κ1) is 26.2. The Morgan fingerprint density at radius 1 is 0.971 bits per heavy atom. The van der Waals surface area contributed by atoms with Crippen molar-refractivity contribution in [2.24, 2.45) is 0 Å². The molecule has 0 fully saturated rings. The minimum Gasteiger partial charge on any atom is -0.406 e. The SMILES string of the molecule is C[C@@H](CO)Nc1nc(Nc2ccc(OC(F)(F)F)c(Cl)c2)cc(-c2cccc(OC(F)(F)F)c2)n1. The molecule has 0 spiro atoms. The Hall–Kier alpha value is -3.45. The quantitative estimate of drug-likeness (QED) is 0.307. The Balaban J connectivity index is 1.95. The first-order valence-electron chi connectivity index (χ1n) is 9.76. The second-order valence-corrected chi connectivity index (χ2v) is 7.49. The van der Waals surface area contributed by atoms with Crippen LogP contribution in [-0.2, 0) is 0 Å². The molecule has 0 unspecified atom stereocenters. The molecule has 188 valence electrons. The molecule has 14 heteroatoms. The average molecular weight is 523 g/mol. The van der Waals surface area contributed by atoms with Crippen LogP contribution >= 0.6 is 11.6 Å². The van der Waals surface area contributed by atoms with E-state index in [0.29, 0.717) is 0 Å². The maximum Gasteiger partial charge on any atom is 0.573 e. The van der Waals surface area contributed by atoms with Crippen LogP contribution in [0.15, 0.2) is 48.5 Å². The van der Waals surface area contributed by atoms with Gasteiger partial charge >= 0.3 is 12.7 Å². The number of aliphatic hydroxyl groups is 1. The van der Waals surface area contributed by atoms with Crippen LogP contribution in [0, 0.1) is 0 Å². The largest absolute Gasteiger partial charge is 0.573 e. The Morgan fingerprint density at radius 2 is 1.69 bits per heavy atom. The van der Waals surface area contributed by atoms with Crippen molar-refractivity contribution in [3.8, 4) is 22.8 Å². The summed E-state index contributed by atoms with van der Waals surface area (Å²) in [5.41, 5.74) is 0.680. The third-order valence-corrected chi connectivity index (χ3v) is 4.46. The van der Waals surface area contributed by atoms with Crippen LogP contribution in [0.5, 0.6) is 11.5 Å². The fourth-order valence-electron chi connectivity index (χ4n) is 2.78. The number of aromatic nitrogens is 2. The first-order valence-corrected chi connectivity index (χ1v) is 10.1. The predicted octanol–water partition coefficient (Wildman–Crippen LogP) is 6.13. The van der Waals surface area contributed by atoms with Gasteiger partial charge in [-0.3, -0.25) is 0 Å². The number of nitrogens with zero attached hydrogens (tertiary/aromatic N) is 2. The number of halogens is 7.